The second-order valence-corrected chi connectivity index (χ2v) is 3.61. The van der Waals surface area contributed by atoms with Crippen molar-refractivity contribution in [1.29, 1.82) is 0 Å². The van der Waals surface area contributed by atoms with E-state index < -0.39 is 0 Å². The predicted molar refractivity (Wildman–Crippen MR) is 58.9 cm³/mol. The molecule has 0 radical (unpaired) electrons. The lowest BCUT2D eigenvalue weighted by Gasteiger charge is -2.12. The van der Waals surface area contributed by atoms with E-state index in [2.05, 4.69) is 39.5 Å². The number of rotatable bonds is 2. The van der Waals surface area contributed by atoms with Gasteiger partial charge in [0.05, 0.1) is 5.69 Å². The molecule has 0 saturated heterocycles. The minimum absolute atomic E-state index is 1.01. The number of imidazole rings is 1. The molecule has 0 N–H and O–H groups in total. The highest BCUT2D eigenvalue weighted by Crippen LogP contribution is 2.14. The Kier molecular flexibility index (Phi) is 2.15. The second-order valence-electron chi connectivity index (χ2n) is 3.61. The fourth-order valence-corrected chi connectivity index (χ4v) is 1.55. The van der Waals surface area contributed by atoms with Gasteiger partial charge >= 0.3 is 0 Å². The van der Waals surface area contributed by atoms with Gasteiger partial charge in [-0.25, -0.2) is 4.98 Å². The zero-order valence-electron chi connectivity index (χ0n) is 8.86. The van der Waals surface area contributed by atoms with Crippen molar-refractivity contribution in [3.8, 4) is 0 Å². The Morgan fingerprint density at radius 2 is 2.14 bits per heavy atom. The molecule has 2 heterocycles. The SMILES string of the molecule is CCc1cnc2ccc(N(C)C)cn12. The summed E-state index contributed by atoms with van der Waals surface area (Å²) in [4.78, 5) is 6.43. The molecule has 0 aromatic carbocycles. The maximum absolute atomic E-state index is 4.33. The molecule has 0 aliphatic carbocycles. The summed E-state index contributed by atoms with van der Waals surface area (Å²) >= 11 is 0. The van der Waals surface area contributed by atoms with E-state index in [1.165, 1.54) is 11.4 Å². The summed E-state index contributed by atoms with van der Waals surface area (Å²) in [6.45, 7) is 2.14. The lowest BCUT2D eigenvalue weighted by Crippen LogP contribution is -2.09. The van der Waals surface area contributed by atoms with Crippen molar-refractivity contribution in [3.05, 3.63) is 30.2 Å². The van der Waals surface area contributed by atoms with E-state index in [0.29, 0.717) is 0 Å². The number of aryl methyl sites for hydroxylation is 1. The Labute approximate surface area is 84.0 Å². The summed E-state index contributed by atoms with van der Waals surface area (Å²) in [5, 5.41) is 0. The highest BCUT2D eigenvalue weighted by molar-refractivity contribution is 5.51. The van der Waals surface area contributed by atoms with Crippen LogP contribution in [0.3, 0.4) is 0 Å². The highest BCUT2D eigenvalue weighted by Gasteiger charge is 2.02. The van der Waals surface area contributed by atoms with Crippen LogP contribution in [0.1, 0.15) is 12.6 Å². The molecule has 0 spiro atoms. The largest absolute Gasteiger partial charge is 0.376 e. The summed E-state index contributed by atoms with van der Waals surface area (Å²) in [6.07, 6.45) is 5.08. The van der Waals surface area contributed by atoms with Crippen molar-refractivity contribution in [2.75, 3.05) is 19.0 Å². The Morgan fingerprint density at radius 3 is 2.79 bits per heavy atom. The van der Waals surface area contributed by atoms with Crippen molar-refractivity contribution in [1.82, 2.24) is 9.38 Å². The Hall–Kier alpha value is -1.51. The second kappa shape index (κ2) is 3.33. The van der Waals surface area contributed by atoms with Gasteiger partial charge in [0, 0.05) is 32.2 Å². The molecule has 0 bridgehead atoms. The molecule has 0 saturated carbocycles. The van der Waals surface area contributed by atoms with Crippen LogP contribution in [0.2, 0.25) is 0 Å². The summed E-state index contributed by atoms with van der Waals surface area (Å²) in [5.41, 5.74) is 3.47. The van der Waals surface area contributed by atoms with E-state index in [4.69, 9.17) is 0 Å². The molecule has 0 atom stereocenters. The summed E-state index contributed by atoms with van der Waals surface area (Å²) in [7, 11) is 4.09. The molecule has 0 fully saturated rings. The van der Waals surface area contributed by atoms with Crippen molar-refractivity contribution < 1.29 is 0 Å². The number of nitrogens with zero attached hydrogens (tertiary/aromatic N) is 3. The Balaban J connectivity index is 2.61. The van der Waals surface area contributed by atoms with Crippen LogP contribution in [0, 0.1) is 0 Å². The van der Waals surface area contributed by atoms with E-state index in [0.717, 1.165) is 12.1 Å². The van der Waals surface area contributed by atoms with Crippen molar-refractivity contribution in [3.63, 3.8) is 0 Å². The molecular weight excluding hydrogens is 174 g/mol. The van der Waals surface area contributed by atoms with Gasteiger partial charge in [-0.1, -0.05) is 6.92 Å². The minimum Gasteiger partial charge on any atom is -0.376 e. The first-order chi connectivity index (χ1) is 6.72. The van der Waals surface area contributed by atoms with E-state index in [9.17, 15) is 0 Å². The molecule has 3 nitrogen and oxygen atoms in total. The number of anilines is 1. The van der Waals surface area contributed by atoms with Gasteiger partial charge in [0.1, 0.15) is 5.65 Å². The van der Waals surface area contributed by atoms with Gasteiger partial charge in [-0.05, 0) is 18.6 Å². The first kappa shape index (κ1) is 9.06. The zero-order valence-corrected chi connectivity index (χ0v) is 8.86. The van der Waals surface area contributed by atoms with Gasteiger partial charge in [-0.3, -0.25) is 0 Å². The maximum Gasteiger partial charge on any atom is 0.137 e. The molecule has 2 aromatic heterocycles. The number of pyridine rings is 1. The van der Waals surface area contributed by atoms with Gasteiger partial charge in [-0.15, -0.1) is 0 Å². The fraction of sp³-hybridized carbons (Fsp3) is 0.364. The molecule has 0 unspecified atom stereocenters. The molecule has 0 amide bonds. The van der Waals surface area contributed by atoms with Crippen LogP contribution < -0.4 is 4.90 Å². The monoisotopic (exact) mass is 189 g/mol. The van der Waals surface area contributed by atoms with Gasteiger partial charge in [0.25, 0.3) is 0 Å². The molecule has 0 aliphatic heterocycles. The molecule has 0 aliphatic rings. The van der Waals surface area contributed by atoms with Crippen LogP contribution in [-0.2, 0) is 6.42 Å². The number of fused-ring (bicyclic) bond motifs is 1. The van der Waals surface area contributed by atoms with Gasteiger partial charge in [-0.2, -0.15) is 0 Å². The fourth-order valence-electron chi connectivity index (χ4n) is 1.55. The summed E-state index contributed by atoms with van der Waals surface area (Å²) in [6, 6.07) is 4.14. The molecule has 14 heavy (non-hydrogen) atoms. The third-order valence-electron chi connectivity index (χ3n) is 2.45. The average Bonchev–Trinajstić information content (AvgIpc) is 2.59. The number of hydrogen-bond donors (Lipinski definition) is 0. The summed E-state index contributed by atoms with van der Waals surface area (Å²) < 4.78 is 2.15. The third-order valence-corrected chi connectivity index (χ3v) is 2.45. The van der Waals surface area contributed by atoms with E-state index in [-0.39, 0.29) is 0 Å². The normalized spacial score (nSPS) is 10.8. The zero-order chi connectivity index (χ0) is 10.1. The maximum atomic E-state index is 4.33. The van der Waals surface area contributed by atoms with Crippen molar-refractivity contribution in [2.45, 2.75) is 13.3 Å². The topological polar surface area (TPSA) is 20.5 Å². The lowest BCUT2D eigenvalue weighted by atomic mass is 10.3. The number of aromatic nitrogens is 2. The smallest absolute Gasteiger partial charge is 0.137 e. The molecule has 3 heteroatoms. The van der Waals surface area contributed by atoms with Gasteiger partial charge in [0.2, 0.25) is 0 Å². The first-order valence-electron chi connectivity index (χ1n) is 4.85. The van der Waals surface area contributed by atoms with Crippen LogP contribution >= 0.6 is 0 Å². The van der Waals surface area contributed by atoms with Crippen molar-refractivity contribution >= 4 is 11.3 Å². The quantitative estimate of drug-likeness (QED) is 0.720. The van der Waals surface area contributed by atoms with Crippen LogP contribution in [0.4, 0.5) is 5.69 Å². The Morgan fingerprint density at radius 1 is 1.36 bits per heavy atom. The molecule has 74 valence electrons. The molecule has 2 rings (SSSR count). The van der Waals surface area contributed by atoms with Gasteiger partial charge in [0.15, 0.2) is 0 Å². The molecule has 2 aromatic rings. The standard InChI is InChI=1S/C11H15N3/c1-4-9-7-12-11-6-5-10(13(2)3)8-14(9)11/h5-8H,4H2,1-3H3. The average molecular weight is 189 g/mol. The van der Waals surface area contributed by atoms with E-state index in [1.54, 1.807) is 0 Å². The lowest BCUT2D eigenvalue weighted by molar-refractivity contribution is 0.984. The van der Waals surface area contributed by atoms with E-state index >= 15 is 0 Å². The Bertz CT molecular complexity index is 443. The van der Waals surface area contributed by atoms with E-state index in [1.807, 2.05) is 20.3 Å². The van der Waals surface area contributed by atoms with Crippen molar-refractivity contribution in [2.24, 2.45) is 0 Å². The first-order valence-corrected chi connectivity index (χ1v) is 4.85. The minimum atomic E-state index is 1.01. The van der Waals surface area contributed by atoms with Crippen LogP contribution in [0.15, 0.2) is 24.5 Å². The predicted octanol–water partition coefficient (Wildman–Crippen LogP) is 1.96. The summed E-state index contributed by atoms with van der Waals surface area (Å²) in [5.74, 6) is 0. The number of hydrogen-bond acceptors (Lipinski definition) is 2. The van der Waals surface area contributed by atoms with Crippen LogP contribution in [0.25, 0.3) is 5.65 Å². The van der Waals surface area contributed by atoms with Gasteiger partial charge < -0.3 is 9.30 Å². The highest BCUT2D eigenvalue weighted by atomic mass is 15.1. The molecular formula is C11H15N3. The van der Waals surface area contributed by atoms with Crippen LogP contribution in [0.5, 0.6) is 0 Å². The third kappa shape index (κ3) is 1.35. The van der Waals surface area contributed by atoms with Crippen LogP contribution in [-0.4, -0.2) is 23.5 Å².